The van der Waals surface area contributed by atoms with Crippen molar-refractivity contribution in [2.24, 2.45) is 0 Å². The average Bonchev–Trinajstić information content (AvgIpc) is 2.64. The van der Waals surface area contributed by atoms with Crippen molar-refractivity contribution >= 4 is 11.8 Å². The molecule has 0 bridgehead atoms. The minimum Gasteiger partial charge on any atom is -0.423 e. The normalized spacial score (nSPS) is 15.6. The van der Waals surface area contributed by atoms with Gasteiger partial charge in [0, 0.05) is 31.7 Å². The summed E-state index contributed by atoms with van der Waals surface area (Å²) in [6.45, 7) is 6.19. The van der Waals surface area contributed by atoms with Crippen LogP contribution in [-0.2, 0) is 0 Å². The molecule has 0 aromatic heterocycles. The summed E-state index contributed by atoms with van der Waals surface area (Å²) in [5, 5.41) is 0. The van der Waals surface area contributed by atoms with Crippen LogP contribution >= 0.6 is 0 Å². The fraction of sp³-hybridized carbons (Fsp3) is 0.333. The SMILES string of the molecule is Cc1ccc(C(=O)Oc2ccc(C(=O)CN3CCN(C)CC3)cc2)cc1. The van der Waals surface area contributed by atoms with Gasteiger partial charge in [-0.3, -0.25) is 9.69 Å². The summed E-state index contributed by atoms with van der Waals surface area (Å²) in [6.07, 6.45) is 0. The highest BCUT2D eigenvalue weighted by atomic mass is 16.5. The molecule has 3 rings (SSSR count). The monoisotopic (exact) mass is 352 g/mol. The number of hydrogen-bond acceptors (Lipinski definition) is 5. The van der Waals surface area contributed by atoms with E-state index in [-0.39, 0.29) is 5.78 Å². The van der Waals surface area contributed by atoms with Gasteiger partial charge in [0.1, 0.15) is 5.75 Å². The number of likely N-dealkylation sites (N-methyl/N-ethyl adjacent to an activating group) is 1. The van der Waals surface area contributed by atoms with Crippen LogP contribution in [0.15, 0.2) is 48.5 Å². The molecule has 136 valence electrons. The van der Waals surface area contributed by atoms with Crippen molar-refractivity contribution < 1.29 is 14.3 Å². The lowest BCUT2D eigenvalue weighted by molar-refractivity contribution is 0.0734. The molecule has 2 aromatic carbocycles. The van der Waals surface area contributed by atoms with Crippen molar-refractivity contribution in [3.05, 3.63) is 65.2 Å². The number of nitrogens with zero attached hydrogens (tertiary/aromatic N) is 2. The predicted molar refractivity (Wildman–Crippen MR) is 101 cm³/mol. The molecule has 0 radical (unpaired) electrons. The van der Waals surface area contributed by atoms with E-state index in [0.717, 1.165) is 31.7 Å². The van der Waals surface area contributed by atoms with Gasteiger partial charge in [-0.1, -0.05) is 17.7 Å². The zero-order chi connectivity index (χ0) is 18.5. The van der Waals surface area contributed by atoms with Crippen molar-refractivity contribution in [3.63, 3.8) is 0 Å². The Morgan fingerprint density at radius 3 is 2.08 bits per heavy atom. The third kappa shape index (κ3) is 4.77. The van der Waals surface area contributed by atoms with E-state index >= 15 is 0 Å². The van der Waals surface area contributed by atoms with Crippen LogP contribution in [-0.4, -0.2) is 61.3 Å². The van der Waals surface area contributed by atoms with E-state index in [4.69, 9.17) is 4.74 Å². The molecule has 0 saturated carbocycles. The molecule has 0 atom stereocenters. The Balaban J connectivity index is 1.56. The first-order chi connectivity index (χ1) is 12.5. The van der Waals surface area contributed by atoms with E-state index < -0.39 is 5.97 Å². The van der Waals surface area contributed by atoms with Gasteiger partial charge < -0.3 is 9.64 Å². The van der Waals surface area contributed by atoms with Crippen molar-refractivity contribution in [1.82, 2.24) is 9.80 Å². The number of rotatable bonds is 5. The zero-order valence-corrected chi connectivity index (χ0v) is 15.3. The van der Waals surface area contributed by atoms with Crippen molar-refractivity contribution in [2.75, 3.05) is 39.8 Å². The lowest BCUT2D eigenvalue weighted by Gasteiger charge is -2.31. The van der Waals surface area contributed by atoms with E-state index in [2.05, 4.69) is 16.8 Å². The largest absolute Gasteiger partial charge is 0.423 e. The highest BCUT2D eigenvalue weighted by Gasteiger charge is 2.17. The van der Waals surface area contributed by atoms with Crippen LogP contribution < -0.4 is 4.74 Å². The fourth-order valence-corrected chi connectivity index (χ4v) is 2.86. The molecule has 1 aliphatic heterocycles. The van der Waals surface area contributed by atoms with Gasteiger partial charge in [0.15, 0.2) is 5.78 Å². The molecule has 0 amide bonds. The van der Waals surface area contributed by atoms with Gasteiger partial charge in [-0.2, -0.15) is 0 Å². The van der Waals surface area contributed by atoms with Gasteiger partial charge >= 0.3 is 5.97 Å². The Bertz CT molecular complexity index is 761. The number of carbonyl (C=O) groups is 2. The van der Waals surface area contributed by atoms with Crippen molar-refractivity contribution in [3.8, 4) is 5.75 Å². The van der Waals surface area contributed by atoms with E-state index in [1.807, 2.05) is 19.1 Å². The molecule has 5 heteroatoms. The highest BCUT2D eigenvalue weighted by molar-refractivity contribution is 5.98. The number of esters is 1. The standard InChI is InChI=1S/C21H24N2O3/c1-16-3-5-18(6-4-16)21(25)26-19-9-7-17(8-10-19)20(24)15-23-13-11-22(2)12-14-23/h3-10H,11-15H2,1-2H3. The first kappa shape index (κ1) is 18.3. The summed E-state index contributed by atoms with van der Waals surface area (Å²) in [5.41, 5.74) is 2.23. The summed E-state index contributed by atoms with van der Waals surface area (Å²) < 4.78 is 5.37. The topological polar surface area (TPSA) is 49.9 Å². The van der Waals surface area contributed by atoms with Crippen molar-refractivity contribution in [1.29, 1.82) is 0 Å². The summed E-state index contributed by atoms with van der Waals surface area (Å²) in [5.74, 6) is 0.124. The third-order valence-corrected chi connectivity index (χ3v) is 4.64. The number of ether oxygens (including phenoxy) is 1. The number of Topliss-reactive ketones (excluding diaryl/α,β-unsaturated/α-hetero) is 1. The Hall–Kier alpha value is -2.50. The van der Waals surface area contributed by atoms with Crippen LogP contribution in [0.25, 0.3) is 0 Å². The van der Waals surface area contributed by atoms with E-state index in [1.165, 1.54) is 0 Å². The molecule has 0 unspecified atom stereocenters. The van der Waals surface area contributed by atoms with Crippen LogP contribution in [0.1, 0.15) is 26.3 Å². The van der Waals surface area contributed by atoms with E-state index in [9.17, 15) is 9.59 Å². The second-order valence-corrected chi connectivity index (χ2v) is 6.78. The number of benzene rings is 2. The Kier molecular flexibility index (Phi) is 5.81. The van der Waals surface area contributed by atoms with Gasteiger partial charge in [0.25, 0.3) is 0 Å². The van der Waals surface area contributed by atoms with Crippen LogP contribution in [0.4, 0.5) is 0 Å². The summed E-state index contributed by atoms with van der Waals surface area (Å²) in [4.78, 5) is 29.0. The molecule has 1 aliphatic rings. The van der Waals surface area contributed by atoms with Crippen LogP contribution in [0.5, 0.6) is 5.75 Å². The molecule has 1 heterocycles. The third-order valence-electron chi connectivity index (χ3n) is 4.64. The maximum Gasteiger partial charge on any atom is 0.343 e. The second kappa shape index (κ2) is 8.25. The summed E-state index contributed by atoms with van der Waals surface area (Å²) >= 11 is 0. The molecule has 1 fully saturated rings. The van der Waals surface area contributed by atoms with Crippen LogP contribution in [0.3, 0.4) is 0 Å². The van der Waals surface area contributed by atoms with Crippen molar-refractivity contribution in [2.45, 2.75) is 6.92 Å². The summed E-state index contributed by atoms with van der Waals surface area (Å²) in [6, 6.07) is 14.0. The van der Waals surface area contributed by atoms with E-state index in [1.54, 1.807) is 36.4 Å². The Morgan fingerprint density at radius 2 is 1.46 bits per heavy atom. The van der Waals surface area contributed by atoms with Gasteiger partial charge in [0.2, 0.25) is 0 Å². The van der Waals surface area contributed by atoms with Gasteiger partial charge in [-0.15, -0.1) is 0 Å². The number of hydrogen-bond donors (Lipinski definition) is 0. The van der Waals surface area contributed by atoms with Gasteiger partial charge in [-0.05, 0) is 50.4 Å². The van der Waals surface area contributed by atoms with E-state index in [0.29, 0.717) is 23.4 Å². The van der Waals surface area contributed by atoms with Crippen LogP contribution in [0.2, 0.25) is 0 Å². The minimum atomic E-state index is -0.401. The Labute approximate surface area is 154 Å². The highest BCUT2D eigenvalue weighted by Crippen LogP contribution is 2.15. The Morgan fingerprint density at radius 1 is 0.885 bits per heavy atom. The predicted octanol–water partition coefficient (Wildman–Crippen LogP) is 2.64. The molecule has 0 spiro atoms. The molecule has 0 N–H and O–H groups in total. The number of carbonyl (C=O) groups excluding carboxylic acids is 2. The number of ketones is 1. The number of aryl methyl sites for hydroxylation is 1. The number of piperazine rings is 1. The molecule has 1 saturated heterocycles. The molecule has 5 nitrogen and oxygen atoms in total. The molecular formula is C21H24N2O3. The fourth-order valence-electron chi connectivity index (χ4n) is 2.86. The molecule has 0 aliphatic carbocycles. The maximum absolute atomic E-state index is 12.4. The average molecular weight is 352 g/mol. The minimum absolute atomic E-state index is 0.0889. The molecular weight excluding hydrogens is 328 g/mol. The summed E-state index contributed by atoms with van der Waals surface area (Å²) in [7, 11) is 2.09. The second-order valence-electron chi connectivity index (χ2n) is 6.78. The smallest absolute Gasteiger partial charge is 0.343 e. The quantitative estimate of drug-likeness (QED) is 0.470. The lowest BCUT2D eigenvalue weighted by atomic mass is 10.1. The van der Waals surface area contributed by atoms with Gasteiger partial charge in [-0.25, -0.2) is 4.79 Å². The van der Waals surface area contributed by atoms with Crippen LogP contribution in [0, 0.1) is 6.92 Å². The first-order valence-corrected chi connectivity index (χ1v) is 8.84. The molecule has 26 heavy (non-hydrogen) atoms. The maximum atomic E-state index is 12.4. The van der Waals surface area contributed by atoms with Gasteiger partial charge in [0.05, 0.1) is 12.1 Å². The molecule has 2 aromatic rings. The zero-order valence-electron chi connectivity index (χ0n) is 15.3. The first-order valence-electron chi connectivity index (χ1n) is 8.84. The lowest BCUT2D eigenvalue weighted by Crippen LogP contribution is -2.46.